The Morgan fingerprint density at radius 2 is 1.29 bits per heavy atom. The second-order valence-corrected chi connectivity index (χ2v) is 5.10. The molecule has 24 heavy (non-hydrogen) atoms. The number of aliphatic hydroxyl groups is 1. The number of alkyl halides is 3. The SMILES string of the molecule is O=C1N(c2ccccc2)C(=O)C(O)(C(F)(F)F)N1c1ccccc1. The van der Waals surface area contributed by atoms with E-state index >= 15 is 0 Å². The van der Waals surface area contributed by atoms with E-state index in [9.17, 15) is 27.9 Å². The van der Waals surface area contributed by atoms with Gasteiger partial charge >= 0.3 is 17.9 Å². The summed E-state index contributed by atoms with van der Waals surface area (Å²) in [6, 6.07) is 12.6. The standard InChI is InChI=1S/C16H11F3N2O3/c17-16(18,19)15(24)13(22)20(11-7-3-1-4-8-11)14(23)21(15)12-9-5-2-6-10-12/h1-10,24H. The van der Waals surface area contributed by atoms with Crippen molar-refractivity contribution in [2.75, 3.05) is 9.80 Å². The number of carbonyl (C=O) groups excluding carboxylic acids is 2. The number of imide groups is 1. The zero-order valence-corrected chi connectivity index (χ0v) is 12.1. The molecule has 0 spiro atoms. The molecular formula is C16H11F3N2O3. The summed E-state index contributed by atoms with van der Waals surface area (Å²) in [6.07, 6.45) is -5.38. The molecule has 8 heteroatoms. The molecule has 0 radical (unpaired) electrons. The molecule has 2 aromatic rings. The van der Waals surface area contributed by atoms with Crippen LogP contribution in [-0.2, 0) is 4.79 Å². The first-order valence-electron chi connectivity index (χ1n) is 6.86. The smallest absolute Gasteiger partial charge is 0.356 e. The summed E-state index contributed by atoms with van der Waals surface area (Å²) in [5.41, 5.74) is -4.27. The second kappa shape index (κ2) is 5.34. The number of amides is 3. The lowest BCUT2D eigenvalue weighted by atomic mass is 10.1. The Bertz CT molecular complexity index is 780. The molecular weight excluding hydrogens is 325 g/mol. The minimum atomic E-state index is -5.38. The van der Waals surface area contributed by atoms with E-state index in [-0.39, 0.29) is 16.3 Å². The average molecular weight is 336 g/mol. The van der Waals surface area contributed by atoms with E-state index in [1.807, 2.05) is 0 Å². The van der Waals surface area contributed by atoms with Crippen LogP contribution in [0.5, 0.6) is 0 Å². The summed E-state index contributed by atoms with van der Waals surface area (Å²) in [6.45, 7) is 0. The van der Waals surface area contributed by atoms with Gasteiger partial charge in [0.05, 0.1) is 5.69 Å². The molecule has 2 aromatic carbocycles. The van der Waals surface area contributed by atoms with E-state index in [2.05, 4.69) is 0 Å². The molecule has 0 bridgehead atoms. The summed E-state index contributed by atoms with van der Waals surface area (Å²) < 4.78 is 40.5. The van der Waals surface area contributed by atoms with Crippen LogP contribution in [0.25, 0.3) is 0 Å². The quantitative estimate of drug-likeness (QED) is 0.858. The van der Waals surface area contributed by atoms with Crippen molar-refractivity contribution in [2.24, 2.45) is 0 Å². The lowest BCUT2D eigenvalue weighted by Gasteiger charge is -2.31. The fourth-order valence-corrected chi connectivity index (χ4v) is 2.50. The first kappa shape index (κ1) is 16.0. The number of nitrogens with zero attached hydrogens (tertiary/aromatic N) is 2. The highest BCUT2D eigenvalue weighted by Gasteiger charge is 2.72. The predicted molar refractivity (Wildman–Crippen MR) is 79.2 cm³/mol. The van der Waals surface area contributed by atoms with E-state index in [1.54, 1.807) is 6.07 Å². The first-order valence-corrected chi connectivity index (χ1v) is 6.86. The van der Waals surface area contributed by atoms with Gasteiger partial charge in [-0.25, -0.2) is 14.6 Å². The Labute approximate surface area is 134 Å². The number of rotatable bonds is 2. The molecule has 1 atom stereocenters. The molecule has 1 N–H and O–H groups in total. The van der Waals surface area contributed by atoms with Crippen LogP contribution in [0.15, 0.2) is 60.7 Å². The maximum Gasteiger partial charge on any atom is 0.447 e. The number of urea groups is 1. The molecule has 0 saturated carbocycles. The van der Waals surface area contributed by atoms with Gasteiger partial charge in [0.2, 0.25) is 0 Å². The zero-order valence-electron chi connectivity index (χ0n) is 12.1. The minimum absolute atomic E-state index is 0.0579. The van der Waals surface area contributed by atoms with Gasteiger partial charge in [-0.1, -0.05) is 36.4 Å². The number of carbonyl (C=O) groups is 2. The summed E-state index contributed by atoms with van der Waals surface area (Å²) in [4.78, 5) is 25.3. The number of halogens is 3. The average Bonchev–Trinajstić information content (AvgIpc) is 2.76. The lowest BCUT2D eigenvalue weighted by Crippen LogP contribution is -2.60. The van der Waals surface area contributed by atoms with E-state index in [4.69, 9.17) is 0 Å². The molecule has 1 saturated heterocycles. The van der Waals surface area contributed by atoms with Gasteiger partial charge in [0.15, 0.2) is 0 Å². The molecule has 1 fully saturated rings. The summed E-state index contributed by atoms with van der Waals surface area (Å²) >= 11 is 0. The second-order valence-electron chi connectivity index (χ2n) is 5.10. The molecule has 1 aliphatic heterocycles. The van der Waals surface area contributed by atoms with Crippen molar-refractivity contribution >= 4 is 23.3 Å². The fourth-order valence-electron chi connectivity index (χ4n) is 2.50. The highest BCUT2D eigenvalue weighted by atomic mass is 19.4. The predicted octanol–water partition coefficient (Wildman–Crippen LogP) is 2.91. The van der Waals surface area contributed by atoms with Crippen LogP contribution in [0.2, 0.25) is 0 Å². The van der Waals surface area contributed by atoms with Crippen LogP contribution < -0.4 is 9.80 Å². The molecule has 3 amide bonds. The van der Waals surface area contributed by atoms with Crippen molar-refractivity contribution in [3.63, 3.8) is 0 Å². The van der Waals surface area contributed by atoms with Gasteiger partial charge in [0, 0.05) is 5.69 Å². The van der Waals surface area contributed by atoms with Crippen molar-refractivity contribution < 1.29 is 27.9 Å². The van der Waals surface area contributed by atoms with Crippen LogP contribution in [0.4, 0.5) is 29.3 Å². The number of hydrogen-bond donors (Lipinski definition) is 1. The zero-order chi connectivity index (χ0) is 17.5. The number of para-hydroxylation sites is 2. The molecule has 1 aliphatic rings. The van der Waals surface area contributed by atoms with Crippen LogP contribution in [0, 0.1) is 0 Å². The third-order valence-electron chi connectivity index (χ3n) is 3.63. The minimum Gasteiger partial charge on any atom is -0.356 e. The lowest BCUT2D eigenvalue weighted by molar-refractivity contribution is -0.243. The Hall–Kier alpha value is -2.87. The van der Waals surface area contributed by atoms with Crippen molar-refractivity contribution in [3.05, 3.63) is 60.7 Å². The number of anilines is 2. The Balaban J connectivity index is 2.19. The molecule has 5 nitrogen and oxygen atoms in total. The largest absolute Gasteiger partial charge is 0.447 e. The third-order valence-corrected chi connectivity index (χ3v) is 3.63. The van der Waals surface area contributed by atoms with E-state index in [0.29, 0.717) is 4.90 Å². The maximum absolute atomic E-state index is 13.5. The molecule has 1 unspecified atom stereocenters. The summed E-state index contributed by atoms with van der Waals surface area (Å²) in [5, 5.41) is 10.2. The first-order chi connectivity index (χ1) is 11.3. The Morgan fingerprint density at radius 1 is 0.833 bits per heavy atom. The van der Waals surface area contributed by atoms with Gasteiger partial charge in [-0.05, 0) is 24.3 Å². The van der Waals surface area contributed by atoms with Gasteiger partial charge in [-0.2, -0.15) is 13.2 Å². The van der Waals surface area contributed by atoms with Crippen molar-refractivity contribution in [1.82, 2.24) is 0 Å². The number of hydrogen-bond acceptors (Lipinski definition) is 3. The Morgan fingerprint density at radius 3 is 1.75 bits per heavy atom. The molecule has 124 valence electrons. The summed E-state index contributed by atoms with van der Waals surface area (Å²) in [5.74, 6) is -1.77. The molecule has 3 rings (SSSR count). The topological polar surface area (TPSA) is 60.9 Å². The van der Waals surface area contributed by atoms with E-state index < -0.39 is 23.8 Å². The fraction of sp³-hybridized carbons (Fsp3) is 0.125. The van der Waals surface area contributed by atoms with Gasteiger partial charge < -0.3 is 5.11 Å². The Kier molecular flexibility index (Phi) is 3.56. The molecule has 0 aliphatic carbocycles. The molecule has 0 aromatic heterocycles. The van der Waals surface area contributed by atoms with Crippen LogP contribution >= 0.6 is 0 Å². The highest BCUT2D eigenvalue weighted by Crippen LogP contribution is 2.43. The van der Waals surface area contributed by atoms with Crippen LogP contribution in [-0.4, -0.2) is 28.9 Å². The van der Waals surface area contributed by atoms with Crippen LogP contribution in [0.3, 0.4) is 0 Å². The molecule has 1 heterocycles. The van der Waals surface area contributed by atoms with E-state index in [0.717, 1.165) is 0 Å². The third kappa shape index (κ3) is 2.15. The van der Waals surface area contributed by atoms with Crippen molar-refractivity contribution in [2.45, 2.75) is 11.9 Å². The van der Waals surface area contributed by atoms with Crippen molar-refractivity contribution in [3.8, 4) is 0 Å². The van der Waals surface area contributed by atoms with Gasteiger partial charge in [0.25, 0.3) is 5.91 Å². The van der Waals surface area contributed by atoms with Gasteiger partial charge in [-0.3, -0.25) is 4.79 Å². The maximum atomic E-state index is 13.5. The normalized spacial score (nSPS) is 21.5. The number of benzene rings is 2. The van der Waals surface area contributed by atoms with Crippen LogP contribution in [0.1, 0.15) is 0 Å². The monoisotopic (exact) mass is 336 g/mol. The van der Waals surface area contributed by atoms with Gasteiger partial charge in [0.1, 0.15) is 0 Å². The van der Waals surface area contributed by atoms with Gasteiger partial charge in [-0.15, -0.1) is 0 Å². The van der Waals surface area contributed by atoms with E-state index in [1.165, 1.54) is 54.6 Å². The highest BCUT2D eigenvalue weighted by molar-refractivity contribution is 6.30. The van der Waals surface area contributed by atoms with Crippen molar-refractivity contribution in [1.29, 1.82) is 0 Å². The summed E-state index contributed by atoms with van der Waals surface area (Å²) in [7, 11) is 0.